The molecule has 0 aromatic heterocycles. The lowest BCUT2D eigenvalue weighted by molar-refractivity contribution is 0.0736. The summed E-state index contributed by atoms with van der Waals surface area (Å²) in [6, 6.07) is 7.47. The van der Waals surface area contributed by atoms with Gasteiger partial charge in [-0.25, -0.2) is 8.42 Å². The highest BCUT2D eigenvalue weighted by Crippen LogP contribution is 2.13. The van der Waals surface area contributed by atoms with Crippen LogP contribution in [0.4, 0.5) is 0 Å². The second kappa shape index (κ2) is 5.97. The monoisotopic (exact) mass is 331 g/mol. The molecular formula is C12H14BrNO3S. The Kier molecular flexibility index (Phi) is 4.55. The summed E-state index contributed by atoms with van der Waals surface area (Å²) in [5.74, 6) is 0. The van der Waals surface area contributed by atoms with Crippen LogP contribution in [0.3, 0.4) is 0 Å². The second-order valence-electron chi connectivity index (χ2n) is 3.91. The quantitative estimate of drug-likeness (QED) is 0.851. The fourth-order valence-electron chi connectivity index (χ4n) is 1.63. The molecule has 1 fully saturated rings. The minimum atomic E-state index is -3.33. The van der Waals surface area contributed by atoms with Crippen molar-refractivity contribution in [1.82, 2.24) is 4.31 Å². The summed E-state index contributed by atoms with van der Waals surface area (Å²) in [6.45, 7) is 1.77. The summed E-state index contributed by atoms with van der Waals surface area (Å²) in [5.41, 5.74) is 0.857. The maximum Gasteiger partial charge on any atom is 0.236 e. The third-order valence-electron chi connectivity index (χ3n) is 2.63. The summed E-state index contributed by atoms with van der Waals surface area (Å²) in [4.78, 5) is 0. The lowest BCUT2D eigenvalue weighted by Gasteiger charge is -2.24. The highest BCUT2D eigenvalue weighted by atomic mass is 79.9. The highest BCUT2D eigenvalue weighted by molar-refractivity contribution is 9.10. The maximum absolute atomic E-state index is 12.0. The van der Waals surface area contributed by atoms with E-state index in [9.17, 15) is 8.42 Å². The molecule has 0 bridgehead atoms. The van der Waals surface area contributed by atoms with Crippen molar-refractivity contribution in [3.05, 3.63) is 39.7 Å². The first kappa shape index (κ1) is 13.7. The van der Waals surface area contributed by atoms with Gasteiger partial charge in [0.15, 0.2) is 0 Å². The predicted octanol–water partition coefficient (Wildman–Crippen LogP) is 2.08. The van der Waals surface area contributed by atoms with E-state index in [1.165, 1.54) is 9.71 Å². The number of nitrogens with zero attached hydrogens (tertiary/aromatic N) is 1. The van der Waals surface area contributed by atoms with E-state index in [1.54, 1.807) is 6.08 Å². The Balaban J connectivity index is 2.09. The predicted molar refractivity (Wildman–Crippen MR) is 74.5 cm³/mol. The van der Waals surface area contributed by atoms with Crippen LogP contribution in [0.2, 0.25) is 0 Å². The third kappa shape index (κ3) is 3.65. The van der Waals surface area contributed by atoms with E-state index in [-0.39, 0.29) is 0 Å². The first-order valence-corrected chi connectivity index (χ1v) is 7.89. The van der Waals surface area contributed by atoms with Crippen molar-refractivity contribution in [3.8, 4) is 0 Å². The van der Waals surface area contributed by atoms with Crippen LogP contribution in [0.25, 0.3) is 6.08 Å². The molecule has 0 spiro atoms. The Bertz CT molecular complexity index is 519. The number of ether oxygens (including phenoxy) is 1. The lowest BCUT2D eigenvalue weighted by atomic mass is 10.2. The van der Waals surface area contributed by atoms with Crippen molar-refractivity contribution < 1.29 is 13.2 Å². The minimum Gasteiger partial charge on any atom is -0.379 e. The van der Waals surface area contributed by atoms with Crippen LogP contribution in [0.15, 0.2) is 34.1 Å². The molecule has 1 saturated heterocycles. The van der Waals surface area contributed by atoms with Gasteiger partial charge in [-0.05, 0) is 23.8 Å². The topological polar surface area (TPSA) is 46.6 Å². The molecule has 0 N–H and O–H groups in total. The largest absolute Gasteiger partial charge is 0.379 e. The maximum atomic E-state index is 12.0. The average Bonchev–Trinajstić information content (AvgIpc) is 2.39. The van der Waals surface area contributed by atoms with Crippen molar-refractivity contribution in [2.75, 3.05) is 26.3 Å². The molecule has 2 rings (SSSR count). The molecule has 1 aromatic rings. The summed E-state index contributed by atoms with van der Waals surface area (Å²) in [6.07, 6.45) is 1.61. The molecule has 0 atom stereocenters. The van der Waals surface area contributed by atoms with E-state index in [4.69, 9.17) is 4.74 Å². The molecule has 0 unspecified atom stereocenters. The average molecular weight is 332 g/mol. The number of sulfonamides is 1. The van der Waals surface area contributed by atoms with Crippen LogP contribution in [-0.4, -0.2) is 39.0 Å². The normalized spacial score (nSPS) is 18.3. The smallest absolute Gasteiger partial charge is 0.236 e. The van der Waals surface area contributed by atoms with Crippen molar-refractivity contribution in [2.24, 2.45) is 0 Å². The van der Waals surface area contributed by atoms with Crippen molar-refractivity contribution in [3.63, 3.8) is 0 Å². The van der Waals surface area contributed by atoms with Gasteiger partial charge in [0, 0.05) is 23.0 Å². The van der Waals surface area contributed by atoms with Gasteiger partial charge in [-0.1, -0.05) is 28.1 Å². The molecular weight excluding hydrogens is 318 g/mol. The van der Waals surface area contributed by atoms with E-state index in [2.05, 4.69) is 15.9 Å². The standard InChI is InChI=1S/C12H14BrNO3S/c13-12-3-1-11(2-4-12)5-10-18(15,16)14-6-8-17-9-7-14/h1-5,10H,6-9H2/b10-5+. The zero-order valence-corrected chi connectivity index (χ0v) is 12.2. The molecule has 0 saturated carbocycles. The van der Waals surface area contributed by atoms with E-state index in [1.807, 2.05) is 24.3 Å². The Morgan fingerprint density at radius 3 is 2.39 bits per heavy atom. The van der Waals surface area contributed by atoms with E-state index < -0.39 is 10.0 Å². The molecule has 4 nitrogen and oxygen atoms in total. The number of hydrogen-bond acceptors (Lipinski definition) is 3. The van der Waals surface area contributed by atoms with Crippen molar-refractivity contribution in [2.45, 2.75) is 0 Å². The molecule has 1 heterocycles. The molecule has 0 aliphatic carbocycles. The molecule has 1 aromatic carbocycles. The summed E-state index contributed by atoms with van der Waals surface area (Å²) in [7, 11) is -3.33. The minimum absolute atomic E-state index is 0.424. The number of hydrogen-bond donors (Lipinski definition) is 0. The van der Waals surface area contributed by atoms with Gasteiger partial charge in [0.05, 0.1) is 13.2 Å². The molecule has 1 aliphatic rings. The van der Waals surface area contributed by atoms with Crippen LogP contribution in [0, 0.1) is 0 Å². The molecule has 1 aliphatic heterocycles. The van der Waals surface area contributed by atoms with Gasteiger partial charge >= 0.3 is 0 Å². The zero-order chi connectivity index (χ0) is 13.0. The van der Waals surface area contributed by atoms with Gasteiger partial charge < -0.3 is 4.74 Å². The second-order valence-corrected chi connectivity index (χ2v) is 6.64. The van der Waals surface area contributed by atoms with Gasteiger partial charge in [0.2, 0.25) is 10.0 Å². The summed E-state index contributed by atoms with van der Waals surface area (Å²) < 4.78 is 31.5. The molecule has 0 amide bonds. The summed E-state index contributed by atoms with van der Waals surface area (Å²) in [5, 5.41) is 1.25. The Morgan fingerprint density at radius 1 is 1.17 bits per heavy atom. The van der Waals surface area contributed by atoms with Crippen LogP contribution in [-0.2, 0) is 14.8 Å². The fraction of sp³-hybridized carbons (Fsp3) is 0.333. The van der Waals surface area contributed by atoms with Crippen LogP contribution < -0.4 is 0 Å². The van der Waals surface area contributed by atoms with E-state index >= 15 is 0 Å². The lowest BCUT2D eigenvalue weighted by Crippen LogP contribution is -2.39. The SMILES string of the molecule is O=S(=O)(/C=C/c1ccc(Br)cc1)N1CCOCC1. The highest BCUT2D eigenvalue weighted by Gasteiger charge is 2.21. The van der Waals surface area contributed by atoms with Gasteiger partial charge in [-0.3, -0.25) is 0 Å². The Morgan fingerprint density at radius 2 is 1.78 bits per heavy atom. The van der Waals surface area contributed by atoms with Crippen molar-refractivity contribution in [1.29, 1.82) is 0 Å². The van der Waals surface area contributed by atoms with Crippen LogP contribution in [0.1, 0.15) is 5.56 Å². The number of morpholine rings is 1. The third-order valence-corrected chi connectivity index (χ3v) is 4.73. The number of benzene rings is 1. The van der Waals surface area contributed by atoms with Gasteiger partial charge in [-0.15, -0.1) is 0 Å². The van der Waals surface area contributed by atoms with Crippen LogP contribution >= 0.6 is 15.9 Å². The Hall–Kier alpha value is -0.690. The first-order chi connectivity index (χ1) is 8.58. The van der Waals surface area contributed by atoms with E-state index in [0.29, 0.717) is 26.3 Å². The van der Waals surface area contributed by atoms with Gasteiger partial charge in [-0.2, -0.15) is 4.31 Å². The number of rotatable bonds is 3. The van der Waals surface area contributed by atoms with Gasteiger partial charge in [0.25, 0.3) is 0 Å². The molecule has 0 radical (unpaired) electrons. The number of halogens is 1. The Labute approximate surface area is 115 Å². The fourth-order valence-corrected chi connectivity index (χ4v) is 3.05. The van der Waals surface area contributed by atoms with E-state index in [0.717, 1.165) is 10.0 Å². The molecule has 18 heavy (non-hydrogen) atoms. The van der Waals surface area contributed by atoms with Gasteiger partial charge in [0.1, 0.15) is 0 Å². The molecule has 98 valence electrons. The van der Waals surface area contributed by atoms with Crippen LogP contribution in [0.5, 0.6) is 0 Å². The summed E-state index contributed by atoms with van der Waals surface area (Å²) >= 11 is 3.33. The first-order valence-electron chi connectivity index (χ1n) is 5.59. The van der Waals surface area contributed by atoms with Crippen molar-refractivity contribution >= 4 is 32.0 Å². The zero-order valence-electron chi connectivity index (χ0n) is 9.75. The molecule has 6 heteroatoms.